The zero-order valence-corrected chi connectivity index (χ0v) is 17.2. The fraction of sp³-hybridized carbons (Fsp3) is 0.842. The largest absolute Gasteiger partial charge is 0.444 e. The number of rotatable bonds is 4. The maximum atomic E-state index is 11.8. The second-order valence-electron chi connectivity index (χ2n) is 6.34. The summed E-state index contributed by atoms with van der Waals surface area (Å²) in [5.41, 5.74) is -0.450. The van der Waals surface area contributed by atoms with Crippen molar-refractivity contribution in [1.29, 1.82) is 0 Å². The van der Waals surface area contributed by atoms with Gasteiger partial charge in [-0.15, -0.1) is 0 Å². The second-order valence-corrected chi connectivity index (χ2v) is 6.34. The minimum absolute atomic E-state index is 0.0742. The van der Waals surface area contributed by atoms with E-state index in [1.165, 1.54) is 39.0 Å². The Bertz CT molecular complexity index is 309. The first-order valence-electron chi connectivity index (χ1n) is 9.01. The summed E-state index contributed by atoms with van der Waals surface area (Å²) < 4.78 is 10.5. The van der Waals surface area contributed by atoms with Crippen molar-refractivity contribution in [2.24, 2.45) is 5.92 Å². The quantitative estimate of drug-likeness (QED) is 0.761. The molecule has 0 radical (unpaired) electrons. The van der Waals surface area contributed by atoms with E-state index in [1.54, 1.807) is 7.11 Å². The van der Waals surface area contributed by atoms with Crippen LogP contribution >= 0.6 is 0 Å². The van der Waals surface area contributed by atoms with Crippen molar-refractivity contribution in [2.45, 2.75) is 85.3 Å². The van der Waals surface area contributed by atoms with E-state index in [0.717, 1.165) is 6.29 Å². The first-order valence-corrected chi connectivity index (χ1v) is 9.01. The molecule has 6 heteroatoms. The fourth-order valence-corrected chi connectivity index (χ4v) is 2.47. The van der Waals surface area contributed by atoms with Crippen molar-refractivity contribution in [2.75, 3.05) is 13.7 Å². The van der Waals surface area contributed by atoms with Gasteiger partial charge in [-0.2, -0.15) is 0 Å². The summed E-state index contributed by atoms with van der Waals surface area (Å²) in [6.45, 7) is 13.6. The number of methoxy groups -OCH3 is 1. The van der Waals surface area contributed by atoms with Gasteiger partial charge in [0.25, 0.3) is 0 Å². The molecule has 0 saturated heterocycles. The van der Waals surface area contributed by atoms with E-state index in [2.05, 4.69) is 5.32 Å². The molecule has 150 valence electrons. The van der Waals surface area contributed by atoms with Gasteiger partial charge in [-0.1, -0.05) is 33.1 Å². The Balaban J connectivity index is -0.000000605. The topological polar surface area (TPSA) is 81.7 Å². The van der Waals surface area contributed by atoms with E-state index in [-0.39, 0.29) is 12.1 Å². The zero-order valence-electron chi connectivity index (χ0n) is 17.2. The fourth-order valence-electron chi connectivity index (χ4n) is 2.47. The number of hydrogen-bond acceptors (Lipinski definition) is 5. The van der Waals surface area contributed by atoms with E-state index in [4.69, 9.17) is 19.1 Å². The number of carbonyl (C=O) groups is 3. The summed E-state index contributed by atoms with van der Waals surface area (Å²) in [4.78, 5) is 28.6. The molecule has 1 amide bonds. The van der Waals surface area contributed by atoms with Crippen molar-refractivity contribution < 1.29 is 23.9 Å². The standard InChI is InChI=1S/C14H27NO3.C2H4O.C2H6.CH2O/c1-14(2,3)18-13(16)15-12(10-17-4)11-8-6-5-7-9-11;1-2-3;2*1-2/h11-12H,5-10H2,1-4H3,(H,15,16);2H,1H3;1-2H3;1H2. The molecular weight excluding hydrogens is 322 g/mol. The van der Waals surface area contributed by atoms with Crippen molar-refractivity contribution in [3.05, 3.63) is 0 Å². The smallest absolute Gasteiger partial charge is 0.407 e. The molecule has 1 atom stereocenters. The monoisotopic (exact) mass is 361 g/mol. The Morgan fingerprint density at radius 1 is 1.20 bits per heavy atom. The van der Waals surface area contributed by atoms with Crippen LogP contribution in [0.25, 0.3) is 0 Å². The number of nitrogens with one attached hydrogen (secondary N) is 1. The third kappa shape index (κ3) is 18.7. The number of aldehydes is 1. The lowest BCUT2D eigenvalue weighted by Gasteiger charge is -2.31. The summed E-state index contributed by atoms with van der Waals surface area (Å²) in [5, 5.41) is 2.96. The predicted octanol–water partition coefficient (Wildman–Crippen LogP) is 4.15. The molecular formula is C19H39NO5. The average molecular weight is 362 g/mol. The van der Waals surface area contributed by atoms with Gasteiger partial charge in [0.15, 0.2) is 0 Å². The summed E-state index contributed by atoms with van der Waals surface area (Å²) in [6, 6.07) is 0.0742. The third-order valence-electron chi connectivity index (χ3n) is 3.27. The molecule has 25 heavy (non-hydrogen) atoms. The van der Waals surface area contributed by atoms with E-state index in [9.17, 15) is 4.79 Å². The van der Waals surface area contributed by atoms with Crippen LogP contribution in [-0.2, 0) is 19.1 Å². The summed E-state index contributed by atoms with van der Waals surface area (Å²) in [5.74, 6) is 0.520. The molecule has 0 aromatic carbocycles. The van der Waals surface area contributed by atoms with Crippen LogP contribution in [0.4, 0.5) is 4.79 Å². The predicted molar refractivity (Wildman–Crippen MR) is 102 cm³/mol. The van der Waals surface area contributed by atoms with E-state index in [0.29, 0.717) is 12.5 Å². The molecule has 0 heterocycles. The van der Waals surface area contributed by atoms with Crippen molar-refractivity contribution >= 4 is 19.2 Å². The second kappa shape index (κ2) is 18.9. The minimum Gasteiger partial charge on any atom is -0.444 e. The molecule has 1 fully saturated rings. The van der Waals surface area contributed by atoms with E-state index in [1.807, 2.05) is 41.4 Å². The SMILES string of the molecule is C=O.CC.CC=O.COCC(NC(=O)OC(C)(C)C)C1CCCCC1. The molecule has 0 spiro atoms. The molecule has 1 unspecified atom stereocenters. The molecule has 0 aromatic heterocycles. The Hall–Kier alpha value is -1.43. The van der Waals surface area contributed by atoms with Crippen LogP contribution in [-0.4, -0.2) is 44.5 Å². The summed E-state index contributed by atoms with van der Waals surface area (Å²) in [6.07, 6.45) is 6.56. The lowest BCUT2D eigenvalue weighted by Crippen LogP contribution is -2.46. The van der Waals surface area contributed by atoms with Crippen LogP contribution in [0.3, 0.4) is 0 Å². The summed E-state index contributed by atoms with van der Waals surface area (Å²) >= 11 is 0. The van der Waals surface area contributed by atoms with Crippen LogP contribution in [0.15, 0.2) is 0 Å². The first-order chi connectivity index (χ1) is 11.8. The number of amides is 1. The first kappa shape index (κ1) is 28.4. The Kier molecular flexibility index (Phi) is 21.5. The maximum absolute atomic E-state index is 11.8. The van der Waals surface area contributed by atoms with Gasteiger partial charge in [0, 0.05) is 7.11 Å². The van der Waals surface area contributed by atoms with Crippen molar-refractivity contribution in [3.8, 4) is 0 Å². The van der Waals surface area contributed by atoms with Gasteiger partial charge in [-0.25, -0.2) is 4.79 Å². The number of alkyl carbamates (subject to hydrolysis) is 1. The Morgan fingerprint density at radius 3 is 2.00 bits per heavy atom. The van der Waals surface area contributed by atoms with Crippen LogP contribution < -0.4 is 5.32 Å². The molecule has 0 aliphatic heterocycles. The summed E-state index contributed by atoms with van der Waals surface area (Å²) in [7, 11) is 1.67. The van der Waals surface area contributed by atoms with Crippen LogP contribution in [0.2, 0.25) is 0 Å². The van der Waals surface area contributed by atoms with Crippen LogP contribution in [0, 0.1) is 5.92 Å². The van der Waals surface area contributed by atoms with Gasteiger partial charge < -0.3 is 24.4 Å². The number of hydrogen-bond donors (Lipinski definition) is 1. The van der Waals surface area contributed by atoms with Crippen molar-refractivity contribution in [3.63, 3.8) is 0 Å². The van der Waals surface area contributed by atoms with E-state index < -0.39 is 5.60 Å². The highest BCUT2D eigenvalue weighted by Crippen LogP contribution is 2.26. The number of carbonyl (C=O) groups excluding carboxylic acids is 3. The average Bonchev–Trinajstić information content (AvgIpc) is 2.58. The highest BCUT2D eigenvalue weighted by atomic mass is 16.6. The number of ether oxygens (including phenoxy) is 2. The zero-order chi connectivity index (χ0) is 20.3. The molecule has 0 bridgehead atoms. The molecule has 1 saturated carbocycles. The van der Waals surface area contributed by atoms with Gasteiger partial charge >= 0.3 is 6.09 Å². The van der Waals surface area contributed by atoms with E-state index >= 15 is 0 Å². The Labute approximate surface area is 154 Å². The third-order valence-corrected chi connectivity index (χ3v) is 3.27. The highest BCUT2D eigenvalue weighted by molar-refractivity contribution is 5.68. The van der Waals surface area contributed by atoms with Gasteiger partial charge in [-0.3, -0.25) is 0 Å². The molecule has 6 nitrogen and oxygen atoms in total. The lowest BCUT2D eigenvalue weighted by atomic mass is 9.84. The molecule has 1 N–H and O–H groups in total. The van der Waals surface area contributed by atoms with Gasteiger partial charge in [-0.05, 0) is 46.5 Å². The minimum atomic E-state index is -0.450. The molecule has 1 aliphatic carbocycles. The normalized spacial score (nSPS) is 14.8. The maximum Gasteiger partial charge on any atom is 0.407 e. The van der Waals surface area contributed by atoms with Crippen molar-refractivity contribution in [1.82, 2.24) is 5.32 Å². The van der Waals surface area contributed by atoms with Crippen LogP contribution in [0.1, 0.15) is 73.6 Å². The van der Waals surface area contributed by atoms with Crippen LogP contribution in [0.5, 0.6) is 0 Å². The molecule has 0 aromatic rings. The highest BCUT2D eigenvalue weighted by Gasteiger charge is 2.27. The molecule has 1 aliphatic rings. The van der Waals surface area contributed by atoms with Gasteiger partial charge in [0.2, 0.25) is 0 Å². The Morgan fingerprint density at radius 2 is 1.64 bits per heavy atom. The van der Waals surface area contributed by atoms with Gasteiger partial charge in [0.1, 0.15) is 18.7 Å². The van der Waals surface area contributed by atoms with Gasteiger partial charge in [0.05, 0.1) is 12.6 Å². The lowest BCUT2D eigenvalue weighted by molar-refractivity contribution is -0.106. The molecule has 1 rings (SSSR count).